The van der Waals surface area contributed by atoms with E-state index in [9.17, 15) is 23.3 Å². The van der Waals surface area contributed by atoms with Crippen LogP contribution >= 0.6 is 18.7 Å². The van der Waals surface area contributed by atoms with Crippen LogP contribution in [0.5, 0.6) is 5.75 Å². The molecule has 4 aromatic carbocycles. The van der Waals surface area contributed by atoms with Gasteiger partial charge in [-0.05, 0) is 92.1 Å². The van der Waals surface area contributed by atoms with Crippen molar-refractivity contribution in [3.05, 3.63) is 113 Å². The highest BCUT2D eigenvalue weighted by Gasteiger charge is 2.39. The normalized spacial score (nSPS) is 17.9. The fraction of sp³-hybridized carbons (Fsp3) is 0.346. The maximum Gasteiger partial charge on any atom is 0.255 e. The number of hydrogen-bond acceptors (Lipinski definition) is 13. The standard InChI is InChI=1S/C52H56ClFN11O5P/c1-61-30-35(27-56-61)39-25-43(58-52-55-28-40(53)49(60-52)57-42-12-9-33(24-47(42)71(3,4)69)37-7-5-6-8-41(37)54)46(70-2)26-45(39)64-17-15-32(16-18-64)29-62-19-21-63(22-20-62)36-10-11-38-34(23-36)31-65(51(38)68)44-13-14-48(66)59-50(44)67/h5-12,23-28,30,32,44H,13-22,29,31H2,1-4H3,(H,59,66,67)(H2,55,57,58,60)/t44-/m1/s1. The summed E-state index contributed by atoms with van der Waals surface area (Å²) in [6.45, 7) is 10.1. The lowest BCUT2D eigenvalue weighted by atomic mass is 9.94. The quantitative estimate of drug-likeness (QED) is 0.0755. The van der Waals surface area contributed by atoms with Gasteiger partial charge in [0.25, 0.3) is 5.91 Å². The minimum absolute atomic E-state index is 0.154. The van der Waals surface area contributed by atoms with Crippen LogP contribution in [0.3, 0.4) is 0 Å². The van der Waals surface area contributed by atoms with Crippen molar-refractivity contribution in [2.75, 3.05) is 86.7 Å². The van der Waals surface area contributed by atoms with Crippen LogP contribution in [0.2, 0.25) is 5.02 Å². The third-order valence-electron chi connectivity index (χ3n) is 14.1. The number of aryl methyl sites for hydroxylation is 1. The molecule has 10 rings (SSSR count). The molecule has 0 aliphatic carbocycles. The third kappa shape index (κ3) is 10.1. The SMILES string of the molecule is COc1cc(N2CCC(CN3CCN(c4ccc5c(c4)CN([C@@H]4CCC(=O)NC4=O)C5=O)CC3)CC2)c(-c2cnn(C)c2)cc1Nc1ncc(Cl)c(Nc2ccc(-c3ccccc3F)cc2P(C)(C)=O)n1. The molecule has 16 nitrogen and oxygen atoms in total. The molecule has 0 saturated carbocycles. The molecule has 6 heterocycles. The smallest absolute Gasteiger partial charge is 0.255 e. The molecule has 71 heavy (non-hydrogen) atoms. The average Bonchev–Trinajstić information content (AvgIpc) is 3.94. The van der Waals surface area contributed by atoms with Crippen LogP contribution in [-0.2, 0) is 27.7 Å². The van der Waals surface area contributed by atoms with Gasteiger partial charge in [-0.25, -0.2) is 9.37 Å². The largest absolute Gasteiger partial charge is 0.494 e. The Balaban J connectivity index is 0.796. The Morgan fingerprint density at radius 2 is 1.63 bits per heavy atom. The molecular weight excluding hydrogens is 944 g/mol. The van der Waals surface area contributed by atoms with Crippen LogP contribution in [-0.4, -0.2) is 120 Å². The van der Waals surface area contributed by atoms with E-state index in [1.807, 2.05) is 37.6 Å². The van der Waals surface area contributed by atoms with E-state index in [4.69, 9.17) is 21.3 Å². The van der Waals surface area contributed by atoms with E-state index >= 15 is 0 Å². The second-order valence-electron chi connectivity index (χ2n) is 19.1. The molecule has 0 unspecified atom stereocenters. The van der Waals surface area contributed by atoms with Crippen LogP contribution in [0.25, 0.3) is 22.3 Å². The summed E-state index contributed by atoms with van der Waals surface area (Å²) in [5, 5.41) is 14.3. The number of nitrogens with one attached hydrogen (secondary N) is 3. The van der Waals surface area contributed by atoms with Crippen LogP contribution in [0.4, 0.5) is 38.9 Å². The number of nitrogens with zero attached hydrogens (tertiary/aromatic N) is 8. The Labute approximate surface area is 416 Å². The summed E-state index contributed by atoms with van der Waals surface area (Å²) < 4.78 is 36.2. The Kier molecular flexibility index (Phi) is 13.3. The van der Waals surface area contributed by atoms with Gasteiger partial charge >= 0.3 is 0 Å². The zero-order valence-corrected chi connectivity index (χ0v) is 41.8. The van der Waals surface area contributed by atoms with E-state index in [-0.39, 0.29) is 35.0 Å². The third-order valence-corrected chi connectivity index (χ3v) is 15.9. The molecule has 19 heteroatoms. The first-order valence-electron chi connectivity index (χ1n) is 23.9. The monoisotopic (exact) mass is 999 g/mol. The number of methoxy groups -OCH3 is 1. The number of ether oxygens (including phenoxy) is 1. The number of halogens is 2. The Bertz CT molecular complexity index is 3090. The Hall–Kier alpha value is -6.81. The molecule has 3 fully saturated rings. The van der Waals surface area contributed by atoms with Crippen molar-refractivity contribution >= 4 is 76.3 Å². The second kappa shape index (κ2) is 19.8. The topological polar surface area (TPSA) is 170 Å². The fourth-order valence-electron chi connectivity index (χ4n) is 10.3. The van der Waals surface area contributed by atoms with Crippen molar-refractivity contribution in [2.24, 2.45) is 13.0 Å². The highest BCUT2D eigenvalue weighted by atomic mass is 35.5. The molecule has 3 amide bonds. The second-order valence-corrected chi connectivity index (χ2v) is 22.7. The molecule has 3 N–H and O–H groups in total. The molecule has 2 aromatic heterocycles. The van der Waals surface area contributed by atoms with Gasteiger partial charge in [-0.2, -0.15) is 10.1 Å². The van der Waals surface area contributed by atoms with Crippen molar-refractivity contribution in [3.8, 4) is 28.0 Å². The summed E-state index contributed by atoms with van der Waals surface area (Å²) >= 11 is 6.68. The lowest BCUT2D eigenvalue weighted by Gasteiger charge is -2.40. The maximum atomic E-state index is 14.8. The van der Waals surface area contributed by atoms with E-state index in [0.29, 0.717) is 63.8 Å². The van der Waals surface area contributed by atoms with Crippen molar-refractivity contribution in [2.45, 2.75) is 38.3 Å². The lowest BCUT2D eigenvalue weighted by Crippen LogP contribution is -2.52. The van der Waals surface area contributed by atoms with Gasteiger partial charge in [0.15, 0.2) is 5.82 Å². The van der Waals surface area contributed by atoms with Gasteiger partial charge in [0.05, 0.1) is 30.9 Å². The van der Waals surface area contributed by atoms with Crippen molar-refractivity contribution in [3.63, 3.8) is 0 Å². The van der Waals surface area contributed by atoms with Gasteiger partial charge in [0, 0.05) is 117 Å². The van der Waals surface area contributed by atoms with E-state index in [1.165, 1.54) is 12.3 Å². The summed E-state index contributed by atoms with van der Waals surface area (Å²) in [5.41, 5.74) is 7.80. The zero-order valence-electron chi connectivity index (χ0n) is 40.1. The maximum absolute atomic E-state index is 14.8. The molecule has 0 bridgehead atoms. The highest BCUT2D eigenvalue weighted by molar-refractivity contribution is 7.70. The molecule has 0 radical (unpaired) electrons. The summed E-state index contributed by atoms with van der Waals surface area (Å²) in [6.07, 6.45) is 8.00. The highest BCUT2D eigenvalue weighted by Crippen LogP contribution is 2.43. The first kappa shape index (κ1) is 47.8. The van der Waals surface area contributed by atoms with Gasteiger partial charge in [0.2, 0.25) is 17.8 Å². The number of piperidine rings is 2. The number of carbonyl (C=O) groups is 3. The molecule has 0 spiro atoms. The summed E-state index contributed by atoms with van der Waals surface area (Å²) in [5.74, 6) is 0.485. The van der Waals surface area contributed by atoms with Crippen LogP contribution in [0.15, 0.2) is 91.4 Å². The first-order chi connectivity index (χ1) is 34.2. The van der Waals surface area contributed by atoms with Gasteiger partial charge in [-0.1, -0.05) is 35.9 Å². The van der Waals surface area contributed by atoms with Crippen LogP contribution in [0.1, 0.15) is 41.6 Å². The van der Waals surface area contributed by atoms with Crippen LogP contribution in [0, 0.1) is 11.7 Å². The zero-order chi connectivity index (χ0) is 49.6. The number of fused-ring (bicyclic) bond motifs is 1. The fourth-order valence-corrected chi connectivity index (χ4v) is 11.6. The van der Waals surface area contributed by atoms with E-state index in [1.54, 1.807) is 66.4 Å². The van der Waals surface area contributed by atoms with Gasteiger partial charge in [-0.3, -0.25) is 29.3 Å². The molecule has 1 atom stereocenters. The molecule has 4 aliphatic heterocycles. The lowest BCUT2D eigenvalue weighted by molar-refractivity contribution is -0.136. The number of imide groups is 1. The van der Waals surface area contributed by atoms with E-state index < -0.39 is 19.1 Å². The van der Waals surface area contributed by atoms with E-state index in [0.717, 1.165) is 86.7 Å². The summed E-state index contributed by atoms with van der Waals surface area (Å²) in [7, 11) is 0.664. The van der Waals surface area contributed by atoms with E-state index in [2.05, 4.69) is 52.9 Å². The number of benzene rings is 4. The van der Waals surface area contributed by atoms with Gasteiger partial charge in [0.1, 0.15) is 29.8 Å². The first-order valence-corrected chi connectivity index (χ1v) is 26.9. The number of hydrogen-bond donors (Lipinski definition) is 3. The Morgan fingerprint density at radius 3 is 2.35 bits per heavy atom. The van der Waals surface area contributed by atoms with Crippen molar-refractivity contribution in [1.82, 2.24) is 34.9 Å². The average molecular weight is 1000 g/mol. The number of piperazine rings is 1. The molecule has 4 aliphatic rings. The number of aromatic nitrogens is 4. The molecular formula is C52H56ClFN11O5P. The predicted molar refractivity (Wildman–Crippen MR) is 276 cm³/mol. The number of carbonyl (C=O) groups excluding carboxylic acids is 3. The number of rotatable bonds is 13. The molecule has 368 valence electrons. The molecule has 6 aromatic rings. The number of anilines is 6. The summed E-state index contributed by atoms with van der Waals surface area (Å²) in [6, 6.07) is 21.3. The summed E-state index contributed by atoms with van der Waals surface area (Å²) in [4.78, 5) is 55.8. The Morgan fingerprint density at radius 1 is 0.845 bits per heavy atom. The van der Waals surface area contributed by atoms with Gasteiger partial charge in [-0.15, -0.1) is 0 Å². The van der Waals surface area contributed by atoms with Crippen molar-refractivity contribution in [1.29, 1.82) is 0 Å². The van der Waals surface area contributed by atoms with Crippen molar-refractivity contribution < 1.29 is 28.1 Å². The predicted octanol–water partition coefficient (Wildman–Crippen LogP) is 7.88. The van der Waals surface area contributed by atoms with Crippen LogP contribution < -0.4 is 35.8 Å². The minimum atomic E-state index is -2.87. The van der Waals surface area contributed by atoms with Gasteiger partial charge < -0.3 is 34.6 Å². The number of amides is 3. The minimum Gasteiger partial charge on any atom is -0.494 e. The molecule has 3 saturated heterocycles.